The molecule has 1 N–H and O–H groups in total. The maximum atomic E-state index is 14.1. The fourth-order valence-corrected chi connectivity index (χ4v) is 3.09. The Labute approximate surface area is 185 Å². The lowest BCUT2D eigenvalue weighted by molar-refractivity contribution is -0.116. The van der Waals surface area contributed by atoms with Crippen LogP contribution in [0.5, 0.6) is 5.88 Å². The van der Waals surface area contributed by atoms with Gasteiger partial charge < -0.3 is 10.1 Å². The van der Waals surface area contributed by atoms with E-state index in [1.807, 2.05) is 50.2 Å². The topological polar surface area (TPSA) is 51.2 Å². The number of allylic oxidation sites excluding steroid dienone is 3. The van der Waals surface area contributed by atoms with E-state index in [-0.39, 0.29) is 11.7 Å². The van der Waals surface area contributed by atoms with E-state index in [1.165, 1.54) is 6.08 Å². The van der Waals surface area contributed by atoms with Gasteiger partial charge in [0.25, 0.3) is 0 Å². The van der Waals surface area contributed by atoms with Crippen LogP contribution in [0.25, 0.3) is 10.9 Å². The van der Waals surface area contributed by atoms with E-state index < -0.39 is 0 Å². The first-order chi connectivity index (χ1) is 15.0. The van der Waals surface area contributed by atoms with Crippen molar-refractivity contribution in [1.29, 1.82) is 0 Å². The van der Waals surface area contributed by atoms with Gasteiger partial charge in [0.05, 0.1) is 12.1 Å². The van der Waals surface area contributed by atoms with Crippen molar-refractivity contribution < 1.29 is 13.9 Å². The number of hydrogen-bond donors (Lipinski definition) is 1. The first-order valence-electron chi connectivity index (χ1n) is 11.3. The molecular weight excluding hydrogens is 391 g/mol. The fourth-order valence-electron chi connectivity index (χ4n) is 3.09. The molecule has 0 spiro atoms. The molecule has 0 radical (unpaired) electrons. The SMILES string of the molecule is CC(=C\C(=O)NCC(C)C)/C(F)=C\CCCCCCCOc1ccc2ccccc2n1. The van der Waals surface area contributed by atoms with E-state index in [2.05, 4.69) is 10.3 Å². The van der Waals surface area contributed by atoms with Crippen LogP contribution in [0.15, 0.2) is 60.0 Å². The Kier molecular flexibility index (Phi) is 10.8. The van der Waals surface area contributed by atoms with Crippen LogP contribution in [0, 0.1) is 5.92 Å². The number of aromatic nitrogens is 1. The number of fused-ring (bicyclic) bond motifs is 1. The average Bonchev–Trinajstić information content (AvgIpc) is 2.76. The highest BCUT2D eigenvalue weighted by atomic mass is 19.1. The third-order valence-corrected chi connectivity index (χ3v) is 4.90. The largest absolute Gasteiger partial charge is 0.478 e. The number of ether oxygens (including phenoxy) is 1. The monoisotopic (exact) mass is 426 g/mol. The normalized spacial score (nSPS) is 12.4. The molecule has 0 aliphatic heterocycles. The van der Waals surface area contributed by atoms with Gasteiger partial charge in [-0.25, -0.2) is 9.37 Å². The molecule has 5 heteroatoms. The molecule has 0 saturated heterocycles. The number of pyridine rings is 1. The lowest BCUT2D eigenvalue weighted by atomic mass is 10.1. The molecule has 2 rings (SSSR count). The van der Waals surface area contributed by atoms with Gasteiger partial charge >= 0.3 is 0 Å². The van der Waals surface area contributed by atoms with Crippen LogP contribution in [0.2, 0.25) is 0 Å². The minimum absolute atomic E-state index is 0.240. The fraction of sp³-hybridized carbons (Fsp3) is 0.462. The van der Waals surface area contributed by atoms with Crippen LogP contribution in [-0.2, 0) is 4.79 Å². The zero-order valence-corrected chi connectivity index (χ0v) is 19.0. The molecule has 0 atom stereocenters. The summed E-state index contributed by atoms with van der Waals surface area (Å²) in [6.45, 7) is 6.92. The third kappa shape index (κ3) is 9.77. The second-order valence-corrected chi connectivity index (χ2v) is 8.27. The van der Waals surface area contributed by atoms with Crippen molar-refractivity contribution >= 4 is 16.8 Å². The number of halogens is 1. The van der Waals surface area contributed by atoms with E-state index in [0.29, 0.717) is 36.9 Å². The van der Waals surface area contributed by atoms with Gasteiger partial charge in [-0.05, 0) is 55.9 Å². The van der Waals surface area contributed by atoms with Gasteiger partial charge in [-0.1, -0.05) is 51.3 Å². The smallest absolute Gasteiger partial charge is 0.244 e. The Hall–Kier alpha value is -2.69. The zero-order chi connectivity index (χ0) is 22.5. The zero-order valence-electron chi connectivity index (χ0n) is 19.0. The van der Waals surface area contributed by atoms with E-state index in [1.54, 1.807) is 13.0 Å². The van der Waals surface area contributed by atoms with Crippen molar-refractivity contribution in [1.82, 2.24) is 10.3 Å². The van der Waals surface area contributed by atoms with Crippen molar-refractivity contribution in [2.24, 2.45) is 5.92 Å². The second-order valence-electron chi connectivity index (χ2n) is 8.27. The summed E-state index contributed by atoms with van der Waals surface area (Å²) in [4.78, 5) is 16.2. The first-order valence-corrected chi connectivity index (χ1v) is 11.3. The van der Waals surface area contributed by atoms with Gasteiger partial charge in [0.2, 0.25) is 11.8 Å². The summed E-state index contributed by atoms with van der Waals surface area (Å²) in [5, 5.41) is 3.87. The lowest BCUT2D eigenvalue weighted by Crippen LogP contribution is -2.25. The highest BCUT2D eigenvalue weighted by Crippen LogP contribution is 2.17. The average molecular weight is 427 g/mol. The lowest BCUT2D eigenvalue weighted by Gasteiger charge is -2.06. The predicted octanol–water partition coefficient (Wildman–Crippen LogP) is 6.53. The molecule has 1 aromatic heterocycles. The minimum atomic E-state index is -0.309. The molecule has 31 heavy (non-hydrogen) atoms. The number of nitrogens with zero attached hydrogens (tertiary/aromatic N) is 1. The summed E-state index contributed by atoms with van der Waals surface area (Å²) in [7, 11) is 0. The Morgan fingerprint density at radius 2 is 1.84 bits per heavy atom. The number of para-hydroxylation sites is 1. The van der Waals surface area contributed by atoms with Crippen molar-refractivity contribution in [2.75, 3.05) is 13.2 Å². The van der Waals surface area contributed by atoms with E-state index in [0.717, 1.165) is 43.0 Å². The van der Waals surface area contributed by atoms with Crippen LogP contribution < -0.4 is 10.1 Å². The number of hydrogen-bond acceptors (Lipinski definition) is 3. The molecule has 2 aromatic rings. The molecule has 1 amide bonds. The number of carbonyl (C=O) groups excluding carboxylic acids is 1. The number of benzene rings is 1. The molecule has 0 aliphatic carbocycles. The van der Waals surface area contributed by atoms with Crippen molar-refractivity contribution in [3.8, 4) is 5.88 Å². The van der Waals surface area contributed by atoms with Gasteiger partial charge in [0, 0.05) is 24.1 Å². The van der Waals surface area contributed by atoms with Gasteiger partial charge in [0.15, 0.2) is 0 Å². The van der Waals surface area contributed by atoms with Crippen molar-refractivity contribution in [2.45, 2.75) is 59.3 Å². The number of amides is 1. The molecular formula is C26H35FN2O2. The van der Waals surface area contributed by atoms with Gasteiger partial charge in [0.1, 0.15) is 5.83 Å². The quantitative estimate of drug-likeness (QED) is 0.225. The molecule has 0 fully saturated rings. The second kappa shape index (κ2) is 13.6. The standard InChI is InChI=1S/C26H35FN2O2/c1-20(2)19-28-25(30)18-21(3)23(27)13-8-6-4-5-7-11-17-31-26-16-15-22-12-9-10-14-24(22)29-26/h9-10,12-16,18,20H,4-8,11,17,19H2,1-3H3,(H,28,30)/b21-18+,23-13+. The first kappa shape index (κ1) is 24.6. The molecule has 1 heterocycles. The predicted molar refractivity (Wildman–Crippen MR) is 126 cm³/mol. The highest BCUT2D eigenvalue weighted by molar-refractivity contribution is 5.88. The van der Waals surface area contributed by atoms with Gasteiger partial charge in [-0.15, -0.1) is 0 Å². The van der Waals surface area contributed by atoms with Crippen LogP contribution in [0.1, 0.15) is 59.3 Å². The Morgan fingerprint density at radius 3 is 2.65 bits per heavy atom. The number of unbranched alkanes of at least 4 members (excludes halogenated alkanes) is 5. The molecule has 0 unspecified atom stereocenters. The summed E-state index contributed by atoms with van der Waals surface area (Å²) in [6.07, 6.45) is 8.73. The van der Waals surface area contributed by atoms with Gasteiger partial charge in [-0.3, -0.25) is 4.79 Å². The summed E-state index contributed by atoms with van der Waals surface area (Å²) in [5.74, 6) is 0.493. The molecule has 1 aromatic carbocycles. The molecule has 0 bridgehead atoms. The Balaban J connectivity index is 1.55. The Morgan fingerprint density at radius 1 is 1.10 bits per heavy atom. The number of rotatable bonds is 13. The van der Waals surface area contributed by atoms with Crippen LogP contribution in [0.4, 0.5) is 4.39 Å². The van der Waals surface area contributed by atoms with Crippen molar-refractivity contribution in [3.63, 3.8) is 0 Å². The maximum absolute atomic E-state index is 14.1. The molecule has 4 nitrogen and oxygen atoms in total. The van der Waals surface area contributed by atoms with E-state index in [9.17, 15) is 9.18 Å². The van der Waals surface area contributed by atoms with Crippen LogP contribution >= 0.6 is 0 Å². The summed E-state index contributed by atoms with van der Waals surface area (Å²) >= 11 is 0. The van der Waals surface area contributed by atoms with Crippen LogP contribution in [-0.4, -0.2) is 24.0 Å². The molecule has 168 valence electrons. The molecule has 0 saturated carbocycles. The van der Waals surface area contributed by atoms with Gasteiger partial charge in [-0.2, -0.15) is 0 Å². The van der Waals surface area contributed by atoms with Crippen molar-refractivity contribution in [3.05, 3.63) is 60.0 Å². The summed E-state index contributed by atoms with van der Waals surface area (Å²) in [6, 6.07) is 11.9. The summed E-state index contributed by atoms with van der Waals surface area (Å²) < 4.78 is 19.8. The highest BCUT2D eigenvalue weighted by Gasteiger charge is 2.03. The summed E-state index contributed by atoms with van der Waals surface area (Å²) in [5.41, 5.74) is 1.32. The maximum Gasteiger partial charge on any atom is 0.244 e. The van der Waals surface area contributed by atoms with E-state index >= 15 is 0 Å². The third-order valence-electron chi connectivity index (χ3n) is 4.90. The molecule has 0 aliphatic rings. The number of carbonyl (C=O) groups is 1. The minimum Gasteiger partial charge on any atom is -0.478 e. The van der Waals surface area contributed by atoms with Crippen LogP contribution in [0.3, 0.4) is 0 Å². The van der Waals surface area contributed by atoms with E-state index in [4.69, 9.17) is 4.74 Å². The number of nitrogens with one attached hydrogen (secondary N) is 1. The Bertz CT molecular complexity index is 890.